The van der Waals surface area contributed by atoms with Crippen LogP contribution in [-0.4, -0.2) is 34.2 Å². The van der Waals surface area contributed by atoms with Crippen LogP contribution in [0.15, 0.2) is 34.9 Å². The summed E-state index contributed by atoms with van der Waals surface area (Å²) in [6, 6.07) is 9.42. The highest BCUT2D eigenvalue weighted by Crippen LogP contribution is 2.29. The molecule has 0 saturated heterocycles. The maximum absolute atomic E-state index is 11.8. The minimum absolute atomic E-state index is 0.0669. The first-order valence-electron chi connectivity index (χ1n) is 7.63. The Hall–Kier alpha value is -2.96. The molecule has 0 aliphatic carbocycles. The predicted octanol–water partition coefficient (Wildman–Crippen LogP) is 2.36. The minimum Gasteiger partial charge on any atom is -0.481 e. The molecule has 2 heterocycles. The normalized spacial score (nSPS) is 11.0. The summed E-state index contributed by atoms with van der Waals surface area (Å²) in [6.07, 6.45) is 0.0713. The quantitative estimate of drug-likeness (QED) is 0.774. The van der Waals surface area contributed by atoms with Crippen LogP contribution >= 0.6 is 0 Å². The number of nitrogens with zero attached hydrogens (tertiary/aromatic N) is 3. The third-order valence-electron chi connectivity index (χ3n) is 3.37. The topological polar surface area (TPSA) is 90.1 Å². The zero-order valence-corrected chi connectivity index (χ0v) is 13.7. The Labute approximate surface area is 139 Å². The van der Waals surface area contributed by atoms with E-state index in [4.69, 9.17) is 9.26 Å². The summed E-state index contributed by atoms with van der Waals surface area (Å²) in [7, 11) is 1.55. The SMILES string of the molecule is COc1cc(-c2nc(CC(=O)NC(C)C)no2)c2ccccc2n1. The van der Waals surface area contributed by atoms with Crippen molar-refractivity contribution in [1.82, 2.24) is 20.4 Å². The fraction of sp³-hybridized carbons (Fsp3) is 0.294. The summed E-state index contributed by atoms with van der Waals surface area (Å²) in [6.45, 7) is 3.80. The number of aromatic nitrogens is 3. The Morgan fingerprint density at radius 3 is 2.83 bits per heavy atom. The van der Waals surface area contributed by atoms with E-state index in [9.17, 15) is 4.79 Å². The van der Waals surface area contributed by atoms with Gasteiger partial charge in [0, 0.05) is 17.5 Å². The van der Waals surface area contributed by atoms with Crippen molar-refractivity contribution < 1.29 is 14.1 Å². The number of hydrogen-bond donors (Lipinski definition) is 1. The number of nitrogens with one attached hydrogen (secondary N) is 1. The molecule has 0 unspecified atom stereocenters. The first kappa shape index (κ1) is 15.9. The van der Waals surface area contributed by atoms with Crippen LogP contribution in [0.5, 0.6) is 5.88 Å². The first-order valence-corrected chi connectivity index (χ1v) is 7.63. The Morgan fingerprint density at radius 1 is 1.29 bits per heavy atom. The number of methoxy groups -OCH3 is 1. The van der Waals surface area contributed by atoms with E-state index in [-0.39, 0.29) is 18.4 Å². The third-order valence-corrected chi connectivity index (χ3v) is 3.37. The van der Waals surface area contributed by atoms with Crippen LogP contribution in [0.3, 0.4) is 0 Å². The van der Waals surface area contributed by atoms with Crippen molar-refractivity contribution >= 4 is 16.8 Å². The Kier molecular flexibility index (Phi) is 4.41. The molecule has 1 amide bonds. The van der Waals surface area contributed by atoms with Crippen LogP contribution in [0.4, 0.5) is 0 Å². The van der Waals surface area contributed by atoms with Gasteiger partial charge in [-0.05, 0) is 19.9 Å². The Morgan fingerprint density at radius 2 is 2.08 bits per heavy atom. The van der Waals surface area contributed by atoms with Crippen LogP contribution in [0, 0.1) is 0 Å². The molecule has 0 spiro atoms. The van der Waals surface area contributed by atoms with E-state index in [0.29, 0.717) is 17.6 Å². The predicted molar refractivity (Wildman–Crippen MR) is 88.6 cm³/mol. The van der Waals surface area contributed by atoms with Gasteiger partial charge in [0.1, 0.15) is 0 Å². The molecule has 3 aromatic rings. The van der Waals surface area contributed by atoms with Crippen molar-refractivity contribution in [2.75, 3.05) is 7.11 Å². The fourth-order valence-corrected chi connectivity index (χ4v) is 2.38. The molecule has 0 radical (unpaired) electrons. The van der Waals surface area contributed by atoms with Crippen molar-refractivity contribution in [2.24, 2.45) is 0 Å². The molecule has 1 N–H and O–H groups in total. The summed E-state index contributed by atoms with van der Waals surface area (Å²) < 4.78 is 10.6. The van der Waals surface area contributed by atoms with E-state index >= 15 is 0 Å². The van der Waals surface area contributed by atoms with Gasteiger partial charge in [-0.1, -0.05) is 23.4 Å². The lowest BCUT2D eigenvalue weighted by Gasteiger charge is -2.06. The summed E-state index contributed by atoms with van der Waals surface area (Å²) in [5.74, 6) is 0.984. The number of carbonyl (C=O) groups excluding carboxylic acids is 1. The molecular weight excluding hydrogens is 308 g/mol. The molecule has 0 fully saturated rings. The maximum Gasteiger partial charge on any atom is 0.258 e. The van der Waals surface area contributed by atoms with Gasteiger partial charge in [-0.15, -0.1) is 0 Å². The average Bonchev–Trinajstić information content (AvgIpc) is 3.01. The van der Waals surface area contributed by atoms with Gasteiger partial charge in [-0.2, -0.15) is 4.98 Å². The second-order valence-corrected chi connectivity index (χ2v) is 5.64. The minimum atomic E-state index is -0.144. The maximum atomic E-state index is 11.8. The number of rotatable bonds is 5. The highest BCUT2D eigenvalue weighted by atomic mass is 16.5. The van der Waals surface area contributed by atoms with Gasteiger partial charge in [0.05, 0.1) is 24.6 Å². The van der Waals surface area contributed by atoms with Crippen LogP contribution in [-0.2, 0) is 11.2 Å². The first-order chi connectivity index (χ1) is 11.6. The molecule has 2 aromatic heterocycles. The Balaban J connectivity index is 1.95. The molecule has 0 aliphatic heterocycles. The summed E-state index contributed by atoms with van der Waals surface area (Å²) in [5.41, 5.74) is 1.49. The van der Waals surface area contributed by atoms with Gasteiger partial charge < -0.3 is 14.6 Å². The average molecular weight is 326 g/mol. The molecule has 124 valence electrons. The highest BCUT2D eigenvalue weighted by Gasteiger charge is 2.16. The number of carbonyl (C=O) groups is 1. The molecule has 0 saturated carbocycles. The van der Waals surface area contributed by atoms with Crippen molar-refractivity contribution in [3.05, 3.63) is 36.2 Å². The van der Waals surface area contributed by atoms with Crippen molar-refractivity contribution in [2.45, 2.75) is 26.3 Å². The van der Waals surface area contributed by atoms with E-state index in [0.717, 1.165) is 16.5 Å². The lowest BCUT2D eigenvalue weighted by atomic mass is 10.1. The second kappa shape index (κ2) is 6.66. The number of fused-ring (bicyclic) bond motifs is 1. The van der Waals surface area contributed by atoms with Crippen LogP contribution < -0.4 is 10.1 Å². The molecule has 24 heavy (non-hydrogen) atoms. The highest BCUT2D eigenvalue weighted by molar-refractivity contribution is 5.93. The summed E-state index contributed by atoms with van der Waals surface area (Å²) >= 11 is 0. The monoisotopic (exact) mass is 326 g/mol. The Bertz CT molecular complexity index is 873. The smallest absolute Gasteiger partial charge is 0.258 e. The van der Waals surface area contributed by atoms with Crippen LogP contribution in [0.2, 0.25) is 0 Å². The van der Waals surface area contributed by atoms with Gasteiger partial charge in [0.25, 0.3) is 5.89 Å². The molecule has 7 nitrogen and oxygen atoms in total. The van der Waals surface area contributed by atoms with Crippen LogP contribution in [0.1, 0.15) is 19.7 Å². The van der Waals surface area contributed by atoms with Gasteiger partial charge >= 0.3 is 0 Å². The molecular formula is C17H18N4O3. The lowest BCUT2D eigenvalue weighted by molar-refractivity contribution is -0.121. The lowest BCUT2D eigenvalue weighted by Crippen LogP contribution is -2.31. The standard InChI is InChI=1S/C17H18N4O3/c1-10(2)18-15(22)9-14-20-17(24-21-14)12-8-16(23-3)19-13-7-5-4-6-11(12)13/h4-8,10H,9H2,1-3H3,(H,18,22). The molecule has 0 bridgehead atoms. The van der Waals surface area contributed by atoms with E-state index in [2.05, 4.69) is 20.4 Å². The summed E-state index contributed by atoms with van der Waals surface area (Å²) in [5, 5.41) is 7.57. The second-order valence-electron chi connectivity index (χ2n) is 5.64. The van der Waals surface area contributed by atoms with Crippen molar-refractivity contribution in [3.63, 3.8) is 0 Å². The van der Waals surface area contributed by atoms with E-state index < -0.39 is 0 Å². The number of hydrogen-bond acceptors (Lipinski definition) is 6. The summed E-state index contributed by atoms with van der Waals surface area (Å²) in [4.78, 5) is 20.5. The van der Waals surface area contributed by atoms with E-state index in [1.807, 2.05) is 38.1 Å². The van der Waals surface area contributed by atoms with Gasteiger partial charge in [0.2, 0.25) is 11.8 Å². The van der Waals surface area contributed by atoms with Gasteiger partial charge in [0.15, 0.2) is 5.82 Å². The third kappa shape index (κ3) is 3.34. The zero-order valence-electron chi connectivity index (χ0n) is 13.7. The molecule has 7 heteroatoms. The molecule has 3 rings (SSSR count). The molecule has 1 aromatic carbocycles. The number of amides is 1. The number of ether oxygens (including phenoxy) is 1. The van der Waals surface area contributed by atoms with Crippen molar-refractivity contribution in [3.8, 4) is 17.3 Å². The number of para-hydroxylation sites is 1. The molecule has 0 atom stereocenters. The van der Waals surface area contributed by atoms with Crippen molar-refractivity contribution in [1.29, 1.82) is 0 Å². The largest absolute Gasteiger partial charge is 0.481 e. The van der Waals surface area contributed by atoms with Crippen LogP contribution in [0.25, 0.3) is 22.4 Å². The fourth-order valence-electron chi connectivity index (χ4n) is 2.38. The number of benzene rings is 1. The molecule has 0 aliphatic rings. The van der Waals surface area contributed by atoms with E-state index in [1.54, 1.807) is 13.2 Å². The zero-order chi connectivity index (χ0) is 17.1. The van der Waals surface area contributed by atoms with Gasteiger partial charge in [-0.25, -0.2) is 4.98 Å². The number of pyridine rings is 1. The van der Waals surface area contributed by atoms with E-state index in [1.165, 1.54) is 0 Å². The van der Waals surface area contributed by atoms with Gasteiger partial charge in [-0.3, -0.25) is 4.79 Å².